The molecule has 4 aliphatic rings. The summed E-state index contributed by atoms with van der Waals surface area (Å²) in [5.74, 6) is -3.43. The number of nitrogens with one attached hydrogen (secondary N) is 5. The van der Waals surface area contributed by atoms with Gasteiger partial charge in [0.1, 0.15) is 92.2 Å². The minimum absolute atomic E-state index is 0.0187. The molecule has 0 radical (unpaired) electrons. The summed E-state index contributed by atoms with van der Waals surface area (Å²) in [5.41, 5.74) is 3.81. The number of likely N-dealkylation sites (N-methyl/N-ethyl adjacent to an activating group) is 2. The van der Waals surface area contributed by atoms with Gasteiger partial charge in [0.2, 0.25) is 17.7 Å². The lowest BCUT2D eigenvalue weighted by Crippen LogP contribution is -2.24. The van der Waals surface area contributed by atoms with Gasteiger partial charge in [0.05, 0.1) is 72.3 Å². The molecule has 15 heterocycles. The third-order valence-corrected chi connectivity index (χ3v) is 23.2. The summed E-state index contributed by atoms with van der Waals surface area (Å²) in [4.78, 5) is 122. The van der Waals surface area contributed by atoms with Crippen LogP contribution in [0.1, 0.15) is 111 Å². The van der Waals surface area contributed by atoms with E-state index in [0.29, 0.717) is 74.3 Å². The van der Waals surface area contributed by atoms with E-state index in [0.717, 1.165) is 12.8 Å². The van der Waals surface area contributed by atoms with Crippen LogP contribution in [0.3, 0.4) is 0 Å². The van der Waals surface area contributed by atoms with Gasteiger partial charge in [-0.1, -0.05) is 52.8 Å². The molecule has 12 aromatic heterocycles. The molecule has 4 fully saturated rings. The first-order valence-corrected chi connectivity index (χ1v) is 43.5. The summed E-state index contributed by atoms with van der Waals surface area (Å²) in [6.45, 7) is -10.8. The fourth-order valence-electron chi connectivity index (χ4n) is 15.8. The molecule has 20 rings (SSSR count). The van der Waals surface area contributed by atoms with E-state index in [1.807, 2.05) is 0 Å². The topological polar surface area (TPSA) is 432 Å². The molecule has 139 heavy (non-hydrogen) atoms. The van der Waals surface area contributed by atoms with Crippen molar-refractivity contribution >= 4 is 139 Å². The zero-order chi connectivity index (χ0) is 97.7. The standard InChI is InChI=1S/C23H19ClF2N6O3.2C22H18ClF2N7O3.C21H16ClF2N7O3/c24-13-6-7-19(35-23(25)26)14(10-13)20-16(12-32(30-20)17-4-1-2-5-18(17)33)29-22(34)15-11-28-31-9-3-8-27-21(15)31;2*1-30-8-5-16(21(30)34)32-11-15(28-20(33)14-10-27-31-7-2-6-26-19(14)31)18(29-32)13-9-12(23)3-4-17(13)35-22(24)25;22-11-2-3-16(34-21(23)24)12(8-11)17-14(10-31(29-17)15-4-6-26-20(15)33)28-19(32)13-9-27-30-7-1-5-25-18(13)30/h3,6-12,17,23H,1-2,4-5H2,(H,29,34);2*2-4,6-7,9-11,16,22H,5,8H2,1H3,(H,28,33);1-3,5,7-10,15,21H,4,6H2,(H,26,33)(H,28,32)/t;2*16-;15-/m.100/s1. The fraction of sp³-hybridized carbons (Fsp3) is 0.227. The molecule has 0 bridgehead atoms. The molecular weight excluding hydrogens is 1920 g/mol. The van der Waals surface area contributed by atoms with Crippen LogP contribution in [0.15, 0.2) is 196 Å². The van der Waals surface area contributed by atoms with Crippen LogP contribution in [0.25, 0.3) is 67.6 Å². The Labute approximate surface area is 796 Å². The highest BCUT2D eigenvalue weighted by Gasteiger charge is 2.38. The highest BCUT2D eigenvalue weighted by Crippen LogP contribution is 2.45. The number of hydrogen-bond donors (Lipinski definition) is 5. The Balaban J connectivity index is 0.000000128. The van der Waals surface area contributed by atoms with Gasteiger partial charge >= 0.3 is 26.4 Å². The number of amides is 7. The van der Waals surface area contributed by atoms with E-state index in [1.54, 1.807) is 72.9 Å². The predicted octanol–water partition coefficient (Wildman–Crippen LogP) is 15.0. The van der Waals surface area contributed by atoms with Crippen LogP contribution >= 0.6 is 46.4 Å². The first kappa shape index (κ1) is 94.7. The lowest BCUT2D eigenvalue weighted by molar-refractivity contribution is -0.130. The van der Waals surface area contributed by atoms with Gasteiger partial charge in [-0.2, -0.15) is 75.9 Å². The Hall–Kier alpha value is -16.0. The Morgan fingerprint density at radius 2 is 0.676 bits per heavy atom. The number of halogens is 12. The minimum atomic E-state index is -3.09. The maximum Gasteiger partial charge on any atom is 0.387 e. The summed E-state index contributed by atoms with van der Waals surface area (Å²) < 4.78 is 135. The third-order valence-electron chi connectivity index (χ3n) is 22.3. The van der Waals surface area contributed by atoms with Crippen molar-refractivity contribution in [1.82, 2.24) is 113 Å². The van der Waals surface area contributed by atoms with Crippen molar-refractivity contribution in [3.8, 4) is 68.0 Å². The van der Waals surface area contributed by atoms with Gasteiger partial charge in [-0.05, 0) is 129 Å². The summed E-state index contributed by atoms with van der Waals surface area (Å²) in [5, 5.41) is 49.1. The molecule has 5 N–H and O–H groups in total. The number of hydrogen-bond acceptors (Lipinski definition) is 24. The van der Waals surface area contributed by atoms with Gasteiger partial charge in [-0.3, -0.25) is 57.1 Å². The van der Waals surface area contributed by atoms with E-state index in [1.165, 1.54) is 184 Å². The second-order valence-corrected chi connectivity index (χ2v) is 32.9. The molecular formula is C88H71Cl4F8N27O12. The molecule has 3 saturated heterocycles. The Morgan fingerprint density at radius 1 is 0.388 bits per heavy atom. The monoisotopic (exact) mass is 1990 g/mol. The molecule has 0 spiro atoms. The quantitative estimate of drug-likeness (QED) is 0.0351. The first-order chi connectivity index (χ1) is 66.9. The van der Waals surface area contributed by atoms with E-state index in [9.17, 15) is 73.5 Å². The normalized spacial score (nSPS) is 15.9. The highest BCUT2D eigenvalue weighted by molar-refractivity contribution is 6.32. The maximum absolute atomic E-state index is 13.2. The van der Waals surface area contributed by atoms with Crippen LogP contribution in [0.5, 0.6) is 23.0 Å². The van der Waals surface area contributed by atoms with Crippen LogP contribution in [0, 0.1) is 0 Å². The lowest BCUT2D eigenvalue weighted by Gasteiger charge is -2.20. The fourth-order valence-corrected chi connectivity index (χ4v) is 16.5. The summed E-state index contributed by atoms with van der Waals surface area (Å²) in [6.07, 6.45) is 28.2. The molecule has 51 heteroatoms. The number of Topliss-reactive ketones (excluding diaryl/α,β-unsaturated/α-hetero) is 1. The maximum atomic E-state index is 13.2. The van der Waals surface area contributed by atoms with E-state index >= 15 is 0 Å². The molecule has 4 aromatic carbocycles. The van der Waals surface area contributed by atoms with Gasteiger partial charge < -0.3 is 55.3 Å². The number of fused-ring (bicyclic) bond motifs is 4. The number of nitrogens with zero attached hydrogens (tertiary/aromatic N) is 22. The van der Waals surface area contributed by atoms with E-state index in [2.05, 4.69) is 106 Å². The third kappa shape index (κ3) is 20.7. The van der Waals surface area contributed by atoms with Crippen molar-refractivity contribution in [1.29, 1.82) is 0 Å². The largest absolute Gasteiger partial charge is 0.434 e. The van der Waals surface area contributed by atoms with Crippen LogP contribution in [-0.4, -0.2) is 215 Å². The number of aromatic nitrogens is 20. The Bertz CT molecular complexity index is 6940. The van der Waals surface area contributed by atoms with Crippen molar-refractivity contribution in [2.45, 2.75) is 95.6 Å². The Kier molecular flexibility index (Phi) is 27.8. The lowest BCUT2D eigenvalue weighted by atomic mass is 9.94. The number of likely N-dealkylation sites (tertiary alicyclic amines) is 2. The first-order valence-electron chi connectivity index (χ1n) is 42.0. The molecule has 1 aliphatic carbocycles. The number of alkyl halides is 8. The van der Waals surface area contributed by atoms with Crippen molar-refractivity contribution in [3.05, 3.63) is 239 Å². The SMILES string of the molecule is CN1CC[C@@H](n2cc(NC(=O)c3cnn4cccnc34)c(-c3cc(Cl)ccc3OC(F)F)n2)C1=O.CN1CC[C@H](n2cc(NC(=O)c3cnn4cccnc34)c(-c3cc(Cl)ccc3OC(F)F)n2)C1=O.O=C(Nc1cn(C2CCCCC2=O)nc1-c1cc(Cl)ccc1OC(F)F)c1cnn2cccnc12.O=C(Nc1cn([C@H]2CCNC2=O)nc1-c1cc(Cl)ccc1OC(F)F)c1cnn2cccnc12. The smallest absolute Gasteiger partial charge is 0.387 e. The molecule has 7 amide bonds. The van der Waals surface area contributed by atoms with Crippen molar-refractivity contribution < 1.29 is 92.4 Å². The van der Waals surface area contributed by atoms with Crippen LogP contribution in [-0.2, 0) is 19.2 Å². The number of benzene rings is 4. The second-order valence-electron chi connectivity index (χ2n) is 31.1. The van der Waals surface area contributed by atoms with Gasteiger partial charge in [-0.15, -0.1) is 0 Å². The van der Waals surface area contributed by atoms with Crippen LogP contribution < -0.4 is 45.5 Å². The highest BCUT2D eigenvalue weighted by atomic mass is 35.5. The number of ketones is 1. The molecule has 3 aliphatic heterocycles. The van der Waals surface area contributed by atoms with E-state index in [-0.39, 0.29) is 157 Å². The van der Waals surface area contributed by atoms with Gasteiger partial charge in [0.25, 0.3) is 23.6 Å². The second kappa shape index (κ2) is 40.9. The summed E-state index contributed by atoms with van der Waals surface area (Å²) in [7, 11) is 3.36. The van der Waals surface area contributed by atoms with Crippen molar-refractivity contribution in [2.24, 2.45) is 0 Å². The van der Waals surface area contributed by atoms with Crippen molar-refractivity contribution in [3.63, 3.8) is 0 Å². The van der Waals surface area contributed by atoms with Crippen LogP contribution in [0.2, 0.25) is 20.1 Å². The minimum Gasteiger partial charge on any atom is -0.434 e. The molecule has 39 nitrogen and oxygen atoms in total. The zero-order valence-corrected chi connectivity index (χ0v) is 75.0. The molecule has 1 unspecified atom stereocenters. The number of carbonyl (C=O) groups is 8. The number of ether oxygens (including phenoxy) is 4. The number of carbonyl (C=O) groups excluding carboxylic acids is 8. The summed E-state index contributed by atoms with van der Waals surface area (Å²) >= 11 is 24.5. The van der Waals surface area contributed by atoms with Gasteiger partial charge in [0, 0.05) is 132 Å². The number of rotatable bonds is 24. The average molecular weight is 1990 g/mol. The van der Waals surface area contributed by atoms with E-state index < -0.39 is 74.2 Å². The molecule has 714 valence electrons. The summed E-state index contributed by atoms with van der Waals surface area (Å²) in [6, 6.07) is 20.7. The van der Waals surface area contributed by atoms with E-state index in [4.69, 9.17) is 46.4 Å². The van der Waals surface area contributed by atoms with Gasteiger partial charge in [-0.25, -0.2) is 38.0 Å². The van der Waals surface area contributed by atoms with Gasteiger partial charge in [0.15, 0.2) is 28.4 Å². The van der Waals surface area contributed by atoms with Crippen molar-refractivity contribution in [2.75, 3.05) is 55.0 Å². The molecule has 1 saturated carbocycles. The predicted molar refractivity (Wildman–Crippen MR) is 483 cm³/mol. The Morgan fingerprint density at radius 3 is 0.935 bits per heavy atom. The average Bonchev–Trinajstić information content (AvgIpc) is 1.64. The zero-order valence-electron chi connectivity index (χ0n) is 71.9. The number of anilines is 4. The van der Waals surface area contributed by atoms with Crippen LogP contribution in [0.4, 0.5) is 57.9 Å². The molecule has 16 aromatic rings. The molecule has 4 atom stereocenters.